The van der Waals surface area contributed by atoms with Gasteiger partial charge in [-0.25, -0.2) is 0 Å². The molecule has 0 saturated carbocycles. The van der Waals surface area contributed by atoms with Crippen molar-refractivity contribution in [2.75, 3.05) is 0 Å². The van der Waals surface area contributed by atoms with Gasteiger partial charge in [0.25, 0.3) is 5.69 Å². The molecule has 18 heavy (non-hydrogen) atoms. The van der Waals surface area contributed by atoms with Crippen molar-refractivity contribution in [3.63, 3.8) is 0 Å². The fourth-order valence-electron chi connectivity index (χ4n) is 1.27. The van der Waals surface area contributed by atoms with E-state index >= 15 is 0 Å². The van der Waals surface area contributed by atoms with E-state index in [1.807, 2.05) is 0 Å². The van der Waals surface area contributed by atoms with Gasteiger partial charge in [-0.15, -0.1) is 0 Å². The summed E-state index contributed by atoms with van der Waals surface area (Å²) in [5.74, 6) is -0.00982. The summed E-state index contributed by atoms with van der Waals surface area (Å²) in [7, 11) is 0. The molecule has 0 aliphatic rings. The molecular weight excluding hydrogens is 262 g/mol. The van der Waals surface area contributed by atoms with Crippen LogP contribution in [0.3, 0.4) is 0 Å². The molecule has 0 aliphatic heterocycles. The first-order chi connectivity index (χ1) is 8.49. The number of rotatable bonds is 5. The number of nitrogens with zero attached hydrogens (tertiary/aromatic N) is 2. The van der Waals surface area contributed by atoms with Crippen LogP contribution in [-0.2, 0) is 0 Å². The zero-order chi connectivity index (χ0) is 13.7. The smallest absolute Gasteiger partial charge is 0.273 e. The Morgan fingerprint density at radius 2 is 2.39 bits per heavy atom. The van der Waals surface area contributed by atoms with Gasteiger partial charge >= 0.3 is 0 Å². The van der Waals surface area contributed by atoms with Gasteiger partial charge in [-0.3, -0.25) is 10.1 Å². The molecule has 1 aromatic carbocycles. The Morgan fingerprint density at radius 1 is 1.72 bits per heavy atom. The van der Waals surface area contributed by atoms with Crippen LogP contribution >= 0.6 is 11.6 Å². The molecule has 8 heteroatoms. The van der Waals surface area contributed by atoms with E-state index in [4.69, 9.17) is 27.3 Å². The largest absolute Gasteiger partial charge is 0.481 e. The van der Waals surface area contributed by atoms with Crippen LogP contribution in [0.1, 0.15) is 13.3 Å². The predicted molar refractivity (Wildman–Crippen MR) is 66.2 cm³/mol. The SMILES string of the molecule is CCC(Oc1cc([N+](=O)[O-])ccc1Cl)C(N)=NO. The van der Waals surface area contributed by atoms with E-state index in [0.717, 1.165) is 0 Å². The van der Waals surface area contributed by atoms with E-state index in [1.54, 1.807) is 6.92 Å². The van der Waals surface area contributed by atoms with Gasteiger partial charge in [0, 0.05) is 6.07 Å². The lowest BCUT2D eigenvalue weighted by atomic mass is 10.2. The number of oxime groups is 1. The van der Waals surface area contributed by atoms with Crippen molar-refractivity contribution in [2.45, 2.75) is 19.4 Å². The Labute approximate surface area is 108 Å². The molecule has 0 aromatic heterocycles. The minimum Gasteiger partial charge on any atom is -0.481 e. The van der Waals surface area contributed by atoms with Crippen molar-refractivity contribution in [2.24, 2.45) is 10.9 Å². The molecule has 0 bridgehead atoms. The summed E-state index contributed by atoms with van der Waals surface area (Å²) in [6, 6.07) is 3.81. The maximum absolute atomic E-state index is 10.6. The fraction of sp³-hybridized carbons (Fsp3) is 0.300. The third kappa shape index (κ3) is 3.24. The van der Waals surface area contributed by atoms with Gasteiger partial charge in [0.2, 0.25) is 0 Å². The quantitative estimate of drug-likeness (QED) is 0.281. The molecular formula is C10H12ClN3O4. The molecule has 98 valence electrons. The van der Waals surface area contributed by atoms with E-state index < -0.39 is 11.0 Å². The molecule has 0 radical (unpaired) electrons. The molecule has 1 atom stereocenters. The van der Waals surface area contributed by atoms with E-state index in [-0.39, 0.29) is 22.3 Å². The van der Waals surface area contributed by atoms with Crippen LogP contribution in [0.15, 0.2) is 23.4 Å². The number of ether oxygens (including phenoxy) is 1. The number of nitro benzene ring substituents is 1. The van der Waals surface area contributed by atoms with Gasteiger partial charge in [-0.1, -0.05) is 23.7 Å². The van der Waals surface area contributed by atoms with Crippen LogP contribution in [0.4, 0.5) is 5.69 Å². The summed E-state index contributed by atoms with van der Waals surface area (Å²) in [5, 5.41) is 22.2. The number of amidine groups is 1. The standard InChI is InChI=1S/C10H12ClN3O4/c1-2-8(10(12)13-15)18-9-5-6(14(16)17)3-4-7(9)11/h3-5,8,15H,2H2,1H3,(H2,12,13). The highest BCUT2D eigenvalue weighted by atomic mass is 35.5. The Hall–Kier alpha value is -2.02. The van der Waals surface area contributed by atoms with Crippen LogP contribution in [-0.4, -0.2) is 22.1 Å². The second kappa shape index (κ2) is 6.06. The number of benzene rings is 1. The molecule has 0 spiro atoms. The van der Waals surface area contributed by atoms with Crippen molar-refractivity contribution in [1.82, 2.24) is 0 Å². The van der Waals surface area contributed by atoms with Crippen LogP contribution in [0.25, 0.3) is 0 Å². The molecule has 0 heterocycles. The van der Waals surface area contributed by atoms with Crippen LogP contribution in [0, 0.1) is 10.1 Å². The van der Waals surface area contributed by atoms with E-state index in [1.165, 1.54) is 18.2 Å². The molecule has 1 unspecified atom stereocenters. The first-order valence-corrected chi connectivity index (χ1v) is 5.45. The number of nitrogens with two attached hydrogens (primary N) is 1. The molecule has 3 N–H and O–H groups in total. The normalized spacial score (nSPS) is 13.1. The highest BCUT2D eigenvalue weighted by Crippen LogP contribution is 2.30. The van der Waals surface area contributed by atoms with Crippen molar-refractivity contribution in [3.8, 4) is 5.75 Å². The van der Waals surface area contributed by atoms with Crippen molar-refractivity contribution < 1.29 is 14.9 Å². The first-order valence-electron chi connectivity index (χ1n) is 5.07. The molecule has 0 saturated heterocycles. The molecule has 1 rings (SSSR count). The van der Waals surface area contributed by atoms with Gasteiger partial charge in [-0.2, -0.15) is 0 Å². The summed E-state index contributed by atoms with van der Waals surface area (Å²) >= 11 is 5.86. The van der Waals surface area contributed by atoms with Gasteiger partial charge in [-0.05, 0) is 12.5 Å². The van der Waals surface area contributed by atoms with Crippen molar-refractivity contribution >= 4 is 23.1 Å². The lowest BCUT2D eigenvalue weighted by Crippen LogP contribution is -2.33. The Balaban J connectivity index is 3.02. The maximum Gasteiger partial charge on any atom is 0.273 e. The van der Waals surface area contributed by atoms with E-state index in [2.05, 4.69) is 5.16 Å². The summed E-state index contributed by atoms with van der Waals surface area (Å²) in [5.41, 5.74) is 5.27. The minimum atomic E-state index is -0.700. The molecule has 0 amide bonds. The summed E-state index contributed by atoms with van der Waals surface area (Å²) in [4.78, 5) is 10.1. The molecule has 1 aromatic rings. The number of nitro groups is 1. The second-order valence-electron chi connectivity index (χ2n) is 3.41. The third-order valence-electron chi connectivity index (χ3n) is 2.21. The Kier molecular flexibility index (Phi) is 4.73. The Morgan fingerprint density at radius 3 is 2.89 bits per heavy atom. The monoisotopic (exact) mass is 273 g/mol. The fourth-order valence-corrected chi connectivity index (χ4v) is 1.43. The number of hydrogen-bond acceptors (Lipinski definition) is 5. The lowest BCUT2D eigenvalue weighted by molar-refractivity contribution is -0.384. The van der Waals surface area contributed by atoms with Crippen LogP contribution in [0.2, 0.25) is 5.02 Å². The van der Waals surface area contributed by atoms with Gasteiger partial charge in [0.15, 0.2) is 11.9 Å². The number of halogens is 1. The minimum absolute atomic E-state index is 0.115. The van der Waals surface area contributed by atoms with Gasteiger partial charge < -0.3 is 15.7 Å². The lowest BCUT2D eigenvalue weighted by Gasteiger charge is -2.16. The third-order valence-corrected chi connectivity index (χ3v) is 2.52. The van der Waals surface area contributed by atoms with Crippen LogP contribution in [0.5, 0.6) is 5.75 Å². The summed E-state index contributed by atoms with van der Waals surface area (Å²) < 4.78 is 5.39. The average molecular weight is 274 g/mol. The zero-order valence-electron chi connectivity index (χ0n) is 9.54. The highest BCUT2D eigenvalue weighted by Gasteiger charge is 2.17. The van der Waals surface area contributed by atoms with Crippen molar-refractivity contribution in [3.05, 3.63) is 33.3 Å². The molecule has 7 nitrogen and oxygen atoms in total. The second-order valence-corrected chi connectivity index (χ2v) is 3.82. The van der Waals surface area contributed by atoms with E-state index in [0.29, 0.717) is 6.42 Å². The highest BCUT2D eigenvalue weighted by molar-refractivity contribution is 6.32. The first kappa shape index (κ1) is 14.0. The van der Waals surface area contributed by atoms with Crippen LogP contribution < -0.4 is 10.5 Å². The maximum atomic E-state index is 10.6. The van der Waals surface area contributed by atoms with Crippen molar-refractivity contribution in [1.29, 1.82) is 0 Å². The Bertz CT molecular complexity index is 478. The van der Waals surface area contributed by atoms with Gasteiger partial charge in [0.05, 0.1) is 16.0 Å². The number of non-ortho nitro benzene ring substituents is 1. The van der Waals surface area contributed by atoms with Gasteiger partial charge in [0.1, 0.15) is 5.75 Å². The zero-order valence-corrected chi connectivity index (χ0v) is 10.3. The molecule has 0 aliphatic carbocycles. The average Bonchev–Trinajstić information content (AvgIpc) is 2.36. The summed E-state index contributed by atoms with van der Waals surface area (Å²) in [6.07, 6.45) is -0.274. The topological polar surface area (TPSA) is 111 Å². The number of hydrogen-bond donors (Lipinski definition) is 2. The van der Waals surface area contributed by atoms with E-state index in [9.17, 15) is 10.1 Å². The molecule has 0 fully saturated rings. The predicted octanol–water partition coefficient (Wildman–Crippen LogP) is 2.15. The summed E-state index contributed by atoms with van der Waals surface area (Å²) in [6.45, 7) is 1.76.